The minimum Gasteiger partial charge on any atom is -0.274 e. The van der Waals surface area contributed by atoms with E-state index in [0.717, 1.165) is 16.7 Å². The summed E-state index contributed by atoms with van der Waals surface area (Å²) in [6.07, 6.45) is 0.144. The topological polar surface area (TPSA) is 79.0 Å². The number of benzene rings is 2. The molecule has 4 rings (SSSR count). The number of anilines is 1. The lowest BCUT2D eigenvalue weighted by Gasteiger charge is -2.16. The van der Waals surface area contributed by atoms with E-state index in [9.17, 15) is 9.59 Å². The van der Waals surface area contributed by atoms with Crippen LogP contribution in [0.25, 0.3) is 11.4 Å². The third kappa shape index (κ3) is 3.38. The predicted molar refractivity (Wildman–Crippen MR) is 104 cm³/mol. The third-order valence-corrected chi connectivity index (χ3v) is 5.66. The van der Waals surface area contributed by atoms with Gasteiger partial charge in [0.15, 0.2) is 5.82 Å². The summed E-state index contributed by atoms with van der Waals surface area (Å²) >= 11 is 1.22. The Morgan fingerprint density at radius 1 is 1.07 bits per heavy atom. The summed E-state index contributed by atoms with van der Waals surface area (Å²) in [5.41, 5.74) is 3.71. The SMILES string of the molecule is Cc1ccc(N2C(=O)C[C@H](Sc3n[nH]c(-c4ccccc4)n3)C2=O)cc1C. The molecule has 1 N–H and O–H groups in total. The van der Waals surface area contributed by atoms with E-state index in [1.54, 1.807) is 0 Å². The summed E-state index contributed by atoms with van der Waals surface area (Å²) in [5, 5.41) is 7.02. The van der Waals surface area contributed by atoms with Crippen LogP contribution in [0, 0.1) is 13.8 Å². The molecule has 1 fully saturated rings. The van der Waals surface area contributed by atoms with E-state index in [2.05, 4.69) is 15.2 Å². The first-order valence-electron chi connectivity index (χ1n) is 8.61. The van der Waals surface area contributed by atoms with Crippen molar-refractivity contribution in [2.24, 2.45) is 0 Å². The third-order valence-electron chi connectivity index (χ3n) is 4.61. The number of hydrogen-bond acceptors (Lipinski definition) is 5. The highest BCUT2D eigenvalue weighted by Gasteiger charge is 2.40. The van der Waals surface area contributed by atoms with Crippen molar-refractivity contribution in [1.82, 2.24) is 15.2 Å². The number of carbonyl (C=O) groups excluding carboxylic acids is 2. The molecule has 0 unspecified atom stereocenters. The molecule has 1 aromatic heterocycles. The fourth-order valence-electron chi connectivity index (χ4n) is 2.98. The second kappa shape index (κ2) is 7.00. The maximum Gasteiger partial charge on any atom is 0.247 e. The normalized spacial score (nSPS) is 17.0. The number of nitrogens with zero attached hydrogens (tertiary/aromatic N) is 3. The van der Waals surface area contributed by atoms with Gasteiger partial charge in [0, 0.05) is 12.0 Å². The Morgan fingerprint density at radius 3 is 2.59 bits per heavy atom. The van der Waals surface area contributed by atoms with Crippen LogP contribution in [-0.4, -0.2) is 32.2 Å². The number of rotatable bonds is 4. The molecular weight excluding hydrogens is 360 g/mol. The Morgan fingerprint density at radius 2 is 1.85 bits per heavy atom. The van der Waals surface area contributed by atoms with Crippen molar-refractivity contribution in [1.29, 1.82) is 0 Å². The highest BCUT2D eigenvalue weighted by atomic mass is 32.2. The largest absolute Gasteiger partial charge is 0.274 e. The molecule has 3 aromatic rings. The summed E-state index contributed by atoms with van der Waals surface area (Å²) < 4.78 is 0. The molecule has 0 radical (unpaired) electrons. The fourth-order valence-corrected chi connectivity index (χ4v) is 3.91. The molecule has 0 bridgehead atoms. The number of thioether (sulfide) groups is 1. The van der Waals surface area contributed by atoms with Gasteiger partial charge in [0.25, 0.3) is 0 Å². The van der Waals surface area contributed by atoms with Gasteiger partial charge in [0.1, 0.15) is 5.25 Å². The smallest absolute Gasteiger partial charge is 0.247 e. The van der Waals surface area contributed by atoms with Gasteiger partial charge >= 0.3 is 0 Å². The molecule has 1 aliphatic rings. The summed E-state index contributed by atoms with van der Waals surface area (Å²) in [4.78, 5) is 31.0. The minimum atomic E-state index is -0.515. The van der Waals surface area contributed by atoms with Crippen LogP contribution in [0.3, 0.4) is 0 Å². The van der Waals surface area contributed by atoms with E-state index >= 15 is 0 Å². The van der Waals surface area contributed by atoms with Crippen molar-refractivity contribution < 1.29 is 9.59 Å². The summed E-state index contributed by atoms with van der Waals surface area (Å²) in [6, 6.07) is 15.2. The lowest BCUT2D eigenvalue weighted by Crippen LogP contribution is -2.31. The fraction of sp³-hybridized carbons (Fsp3) is 0.200. The van der Waals surface area contributed by atoms with Gasteiger partial charge in [-0.3, -0.25) is 14.7 Å². The molecule has 7 heteroatoms. The van der Waals surface area contributed by atoms with E-state index < -0.39 is 5.25 Å². The number of carbonyl (C=O) groups is 2. The second-order valence-electron chi connectivity index (χ2n) is 6.48. The standard InChI is InChI=1S/C20H18N4O2S/c1-12-8-9-15(10-13(12)2)24-17(25)11-16(19(24)26)27-20-21-18(22-23-20)14-6-4-3-5-7-14/h3-10,16H,11H2,1-2H3,(H,21,22,23)/t16-/m0/s1. The maximum atomic E-state index is 12.8. The van der Waals surface area contributed by atoms with Gasteiger partial charge in [0.2, 0.25) is 17.0 Å². The van der Waals surface area contributed by atoms with Crippen LogP contribution in [0.15, 0.2) is 53.7 Å². The lowest BCUT2D eigenvalue weighted by atomic mass is 10.1. The molecule has 1 atom stereocenters. The lowest BCUT2D eigenvalue weighted by molar-refractivity contribution is -0.121. The van der Waals surface area contributed by atoms with Crippen LogP contribution in [0.5, 0.6) is 0 Å². The molecule has 6 nitrogen and oxygen atoms in total. The predicted octanol–water partition coefficient (Wildman–Crippen LogP) is 3.51. The van der Waals surface area contributed by atoms with Gasteiger partial charge < -0.3 is 0 Å². The first-order valence-corrected chi connectivity index (χ1v) is 9.49. The highest BCUT2D eigenvalue weighted by Crippen LogP contribution is 2.33. The molecule has 2 amide bonds. The molecule has 1 saturated heterocycles. The van der Waals surface area contributed by atoms with Gasteiger partial charge in [-0.25, -0.2) is 9.88 Å². The second-order valence-corrected chi connectivity index (χ2v) is 7.65. The molecule has 1 aliphatic heterocycles. The van der Waals surface area contributed by atoms with Crippen molar-refractivity contribution in [3.8, 4) is 11.4 Å². The van der Waals surface area contributed by atoms with Gasteiger partial charge in [0.05, 0.1) is 5.69 Å². The average Bonchev–Trinajstić information content (AvgIpc) is 3.23. The van der Waals surface area contributed by atoms with E-state index in [1.807, 2.05) is 62.4 Å². The minimum absolute atomic E-state index is 0.144. The number of aryl methyl sites for hydroxylation is 2. The van der Waals surface area contributed by atoms with Crippen LogP contribution in [0.2, 0.25) is 0 Å². The Hall–Kier alpha value is -2.93. The zero-order valence-electron chi connectivity index (χ0n) is 15.0. The highest BCUT2D eigenvalue weighted by molar-refractivity contribution is 8.00. The molecule has 0 spiro atoms. The number of aromatic nitrogens is 3. The number of nitrogens with one attached hydrogen (secondary N) is 1. The molecule has 2 aromatic carbocycles. The van der Waals surface area contributed by atoms with Gasteiger partial charge in [-0.1, -0.05) is 48.2 Å². The van der Waals surface area contributed by atoms with E-state index in [0.29, 0.717) is 16.7 Å². The van der Waals surface area contributed by atoms with Crippen LogP contribution < -0.4 is 4.90 Å². The molecule has 0 saturated carbocycles. The Bertz CT molecular complexity index is 1020. The molecule has 27 heavy (non-hydrogen) atoms. The Labute approximate surface area is 161 Å². The molecule has 0 aliphatic carbocycles. The van der Waals surface area contributed by atoms with Crippen molar-refractivity contribution in [2.45, 2.75) is 30.7 Å². The van der Waals surface area contributed by atoms with Crippen molar-refractivity contribution in [3.05, 3.63) is 59.7 Å². The van der Waals surface area contributed by atoms with Crippen LogP contribution in [-0.2, 0) is 9.59 Å². The molecule has 2 heterocycles. The van der Waals surface area contributed by atoms with Crippen molar-refractivity contribution in [2.75, 3.05) is 4.90 Å². The van der Waals surface area contributed by atoms with Crippen LogP contribution >= 0.6 is 11.8 Å². The Balaban J connectivity index is 1.52. The summed E-state index contributed by atoms with van der Waals surface area (Å²) in [6.45, 7) is 3.97. The van der Waals surface area contributed by atoms with Crippen LogP contribution in [0.4, 0.5) is 5.69 Å². The first kappa shape index (κ1) is 17.5. The van der Waals surface area contributed by atoms with Gasteiger partial charge in [-0.15, -0.1) is 5.10 Å². The summed E-state index contributed by atoms with van der Waals surface area (Å²) in [7, 11) is 0. The zero-order valence-corrected chi connectivity index (χ0v) is 15.8. The van der Waals surface area contributed by atoms with E-state index in [-0.39, 0.29) is 18.2 Å². The average molecular weight is 378 g/mol. The quantitative estimate of drug-likeness (QED) is 0.703. The number of amides is 2. The number of imide groups is 1. The zero-order chi connectivity index (χ0) is 19.0. The van der Waals surface area contributed by atoms with E-state index in [4.69, 9.17) is 0 Å². The van der Waals surface area contributed by atoms with Crippen LogP contribution in [0.1, 0.15) is 17.5 Å². The Kier molecular flexibility index (Phi) is 4.53. The maximum absolute atomic E-state index is 12.8. The van der Waals surface area contributed by atoms with Crippen molar-refractivity contribution >= 4 is 29.3 Å². The monoisotopic (exact) mass is 378 g/mol. The molecular formula is C20H18N4O2S. The van der Waals surface area contributed by atoms with Crippen molar-refractivity contribution in [3.63, 3.8) is 0 Å². The number of H-pyrrole nitrogens is 1. The number of hydrogen-bond donors (Lipinski definition) is 1. The van der Waals surface area contributed by atoms with E-state index in [1.165, 1.54) is 16.7 Å². The number of aromatic amines is 1. The first-order chi connectivity index (χ1) is 13.0. The molecule has 136 valence electrons. The summed E-state index contributed by atoms with van der Waals surface area (Å²) in [5.74, 6) is 0.222. The van der Waals surface area contributed by atoms with Gasteiger partial charge in [-0.05, 0) is 37.1 Å². The van der Waals surface area contributed by atoms with Gasteiger partial charge in [-0.2, -0.15) is 0 Å².